The number of esters is 1. The molecule has 0 aliphatic heterocycles. The number of amides is 1. The number of nitrogens with one attached hydrogen (secondary N) is 1. The summed E-state index contributed by atoms with van der Waals surface area (Å²) in [5, 5.41) is 2.67. The van der Waals surface area contributed by atoms with Crippen molar-refractivity contribution in [1.82, 2.24) is 0 Å². The molecule has 0 aliphatic rings. The Morgan fingerprint density at radius 1 is 1.04 bits per heavy atom. The lowest BCUT2D eigenvalue weighted by Gasteiger charge is -2.13. The van der Waals surface area contributed by atoms with Crippen LogP contribution in [0, 0.1) is 32.4 Å². The van der Waals surface area contributed by atoms with Gasteiger partial charge in [0.05, 0.1) is 5.56 Å². The number of anilines is 1. The molecule has 1 N–H and O–H groups in total. The number of ether oxygens (including phenoxy) is 1. The van der Waals surface area contributed by atoms with Gasteiger partial charge in [-0.15, -0.1) is 0 Å². The summed E-state index contributed by atoms with van der Waals surface area (Å²) in [6.07, 6.45) is 0. The highest BCUT2D eigenvalue weighted by molar-refractivity contribution is 5.96. The highest BCUT2D eigenvalue weighted by Gasteiger charge is 2.16. The van der Waals surface area contributed by atoms with Gasteiger partial charge in [0.2, 0.25) is 0 Å². The topological polar surface area (TPSA) is 55.4 Å². The van der Waals surface area contributed by atoms with Crippen molar-refractivity contribution in [3.63, 3.8) is 0 Å². The Labute approximate surface area is 138 Å². The lowest BCUT2D eigenvalue weighted by molar-refractivity contribution is -0.119. The Morgan fingerprint density at radius 3 is 2.25 bits per heavy atom. The summed E-state index contributed by atoms with van der Waals surface area (Å²) in [6, 6.07) is 6.33. The van der Waals surface area contributed by atoms with Crippen LogP contribution < -0.4 is 5.32 Å². The second-order valence-corrected chi connectivity index (χ2v) is 5.52. The minimum atomic E-state index is -1.04. The fourth-order valence-corrected chi connectivity index (χ4v) is 2.42. The van der Waals surface area contributed by atoms with E-state index in [0.717, 1.165) is 28.8 Å². The van der Waals surface area contributed by atoms with Crippen molar-refractivity contribution in [2.45, 2.75) is 20.8 Å². The van der Waals surface area contributed by atoms with Gasteiger partial charge in [0.1, 0.15) is 11.6 Å². The van der Waals surface area contributed by atoms with E-state index in [-0.39, 0.29) is 0 Å². The minimum Gasteiger partial charge on any atom is -0.452 e. The number of hydrogen-bond acceptors (Lipinski definition) is 3. The zero-order chi connectivity index (χ0) is 17.9. The van der Waals surface area contributed by atoms with Crippen molar-refractivity contribution in [3.05, 3.63) is 64.2 Å². The summed E-state index contributed by atoms with van der Waals surface area (Å²) in [6.45, 7) is 5.10. The summed E-state index contributed by atoms with van der Waals surface area (Å²) in [7, 11) is 0. The molecule has 0 unspecified atom stereocenters. The number of hydrogen-bond donors (Lipinski definition) is 1. The molecule has 2 aromatic rings. The summed E-state index contributed by atoms with van der Waals surface area (Å²) in [5.41, 5.74) is 3.07. The van der Waals surface area contributed by atoms with Crippen LogP contribution >= 0.6 is 0 Å². The number of aryl methyl sites for hydroxylation is 3. The molecule has 1 amide bonds. The lowest BCUT2D eigenvalue weighted by atomic mass is 10.1. The average Bonchev–Trinajstić information content (AvgIpc) is 2.48. The molecule has 0 saturated heterocycles. The monoisotopic (exact) mass is 333 g/mol. The molecular weight excluding hydrogens is 316 g/mol. The van der Waals surface area contributed by atoms with Gasteiger partial charge in [-0.05, 0) is 44.0 Å². The second kappa shape index (κ2) is 7.21. The van der Waals surface area contributed by atoms with Crippen molar-refractivity contribution in [3.8, 4) is 0 Å². The molecule has 0 aromatic heterocycles. The van der Waals surface area contributed by atoms with E-state index in [1.807, 2.05) is 32.9 Å². The fourth-order valence-electron chi connectivity index (χ4n) is 2.42. The summed E-state index contributed by atoms with van der Waals surface area (Å²) < 4.78 is 31.1. The van der Waals surface area contributed by atoms with Gasteiger partial charge in [-0.1, -0.05) is 17.7 Å². The highest BCUT2D eigenvalue weighted by Crippen LogP contribution is 2.21. The zero-order valence-corrected chi connectivity index (χ0v) is 13.6. The smallest absolute Gasteiger partial charge is 0.341 e. The first-order chi connectivity index (χ1) is 11.3. The molecular formula is C18H17F2NO3. The Hall–Kier alpha value is -2.76. The van der Waals surface area contributed by atoms with Gasteiger partial charge in [-0.25, -0.2) is 13.6 Å². The Kier molecular flexibility index (Phi) is 5.28. The number of carbonyl (C=O) groups is 2. The van der Waals surface area contributed by atoms with E-state index in [1.54, 1.807) is 0 Å². The molecule has 2 aromatic carbocycles. The van der Waals surface area contributed by atoms with Crippen LogP contribution in [0.3, 0.4) is 0 Å². The molecule has 0 bridgehead atoms. The van der Waals surface area contributed by atoms with Crippen LogP contribution in [0.4, 0.5) is 14.5 Å². The molecule has 0 spiro atoms. The van der Waals surface area contributed by atoms with Gasteiger partial charge < -0.3 is 10.1 Å². The minimum absolute atomic E-state index is 0.424. The predicted octanol–water partition coefficient (Wildman–Crippen LogP) is 3.69. The van der Waals surface area contributed by atoms with Crippen LogP contribution in [0.5, 0.6) is 0 Å². The quantitative estimate of drug-likeness (QED) is 0.868. The summed E-state index contributed by atoms with van der Waals surface area (Å²) in [5.74, 6) is -3.40. The first kappa shape index (κ1) is 17.6. The van der Waals surface area contributed by atoms with E-state index in [4.69, 9.17) is 4.74 Å². The van der Waals surface area contributed by atoms with Gasteiger partial charge in [0, 0.05) is 11.8 Å². The molecule has 0 aliphatic carbocycles. The van der Waals surface area contributed by atoms with E-state index < -0.39 is 35.7 Å². The molecule has 0 heterocycles. The molecule has 24 heavy (non-hydrogen) atoms. The average molecular weight is 333 g/mol. The van der Waals surface area contributed by atoms with Crippen LogP contribution in [0.15, 0.2) is 30.3 Å². The van der Waals surface area contributed by atoms with Crippen molar-refractivity contribution in [2.75, 3.05) is 11.9 Å². The largest absolute Gasteiger partial charge is 0.452 e. The molecule has 6 heteroatoms. The maximum absolute atomic E-state index is 13.5. The Bertz CT molecular complexity index is 780. The molecule has 0 fully saturated rings. The van der Waals surface area contributed by atoms with Crippen LogP contribution in [0.2, 0.25) is 0 Å². The van der Waals surface area contributed by atoms with E-state index >= 15 is 0 Å². The standard InChI is InChI=1S/C18H17F2NO3/c1-10-6-11(2)17(12(3)7-10)21-16(22)9-24-18(23)14-5-4-13(19)8-15(14)20/h4-8H,9H2,1-3H3,(H,21,22). The number of benzene rings is 2. The third-order valence-electron chi connectivity index (χ3n) is 3.43. The van der Waals surface area contributed by atoms with Gasteiger partial charge >= 0.3 is 5.97 Å². The number of rotatable bonds is 4. The molecule has 126 valence electrons. The molecule has 4 nitrogen and oxygen atoms in total. The van der Waals surface area contributed by atoms with Crippen LogP contribution in [-0.2, 0) is 9.53 Å². The summed E-state index contributed by atoms with van der Waals surface area (Å²) >= 11 is 0. The van der Waals surface area contributed by atoms with E-state index in [2.05, 4.69) is 5.32 Å². The van der Waals surface area contributed by atoms with Crippen LogP contribution in [0.1, 0.15) is 27.0 Å². The van der Waals surface area contributed by atoms with Gasteiger partial charge in [-0.2, -0.15) is 0 Å². The van der Waals surface area contributed by atoms with Crippen molar-refractivity contribution in [1.29, 1.82) is 0 Å². The highest BCUT2D eigenvalue weighted by atomic mass is 19.1. The Morgan fingerprint density at radius 2 is 1.67 bits per heavy atom. The first-order valence-electron chi connectivity index (χ1n) is 7.28. The number of carbonyl (C=O) groups excluding carboxylic acids is 2. The van der Waals surface area contributed by atoms with Gasteiger partial charge in [0.15, 0.2) is 6.61 Å². The molecule has 0 atom stereocenters. The zero-order valence-electron chi connectivity index (χ0n) is 13.6. The van der Waals surface area contributed by atoms with Crippen molar-refractivity contribution < 1.29 is 23.1 Å². The van der Waals surface area contributed by atoms with E-state index in [0.29, 0.717) is 11.8 Å². The molecule has 2 rings (SSSR count). The van der Waals surface area contributed by atoms with E-state index in [1.165, 1.54) is 0 Å². The maximum Gasteiger partial charge on any atom is 0.341 e. The van der Waals surface area contributed by atoms with Crippen LogP contribution in [0.25, 0.3) is 0 Å². The Balaban J connectivity index is 2.00. The van der Waals surface area contributed by atoms with Crippen molar-refractivity contribution in [2.24, 2.45) is 0 Å². The third-order valence-corrected chi connectivity index (χ3v) is 3.43. The molecule has 0 radical (unpaired) electrons. The van der Waals surface area contributed by atoms with Crippen LogP contribution in [-0.4, -0.2) is 18.5 Å². The summed E-state index contributed by atoms with van der Waals surface area (Å²) in [4.78, 5) is 23.7. The van der Waals surface area contributed by atoms with Crippen molar-refractivity contribution >= 4 is 17.6 Å². The van der Waals surface area contributed by atoms with Gasteiger partial charge in [-0.3, -0.25) is 4.79 Å². The maximum atomic E-state index is 13.5. The van der Waals surface area contributed by atoms with E-state index in [9.17, 15) is 18.4 Å². The lowest BCUT2D eigenvalue weighted by Crippen LogP contribution is -2.22. The fraction of sp³-hybridized carbons (Fsp3) is 0.222. The molecule has 0 saturated carbocycles. The second-order valence-electron chi connectivity index (χ2n) is 5.52. The normalized spacial score (nSPS) is 10.4. The third kappa shape index (κ3) is 4.16. The first-order valence-corrected chi connectivity index (χ1v) is 7.28. The van der Waals surface area contributed by atoms with Gasteiger partial charge in [0.25, 0.3) is 5.91 Å². The number of halogens is 2. The predicted molar refractivity (Wildman–Crippen MR) is 85.9 cm³/mol. The SMILES string of the molecule is Cc1cc(C)c(NC(=O)COC(=O)c2ccc(F)cc2F)c(C)c1.